The molecule has 0 saturated heterocycles. The first-order valence-electron chi connectivity index (χ1n) is 14.9. The van der Waals surface area contributed by atoms with Crippen LogP contribution in [0.15, 0.2) is 61.2 Å². The predicted octanol–water partition coefficient (Wildman–Crippen LogP) is 7.50. The average Bonchev–Trinajstić information content (AvgIpc) is 3.66. The van der Waals surface area contributed by atoms with Gasteiger partial charge in [-0.25, -0.2) is 27.5 Å². The van der Waals surface area contributed by atoms with Crippen LogP contribution in [0.4, 0.5) is 17.6 Å². The summed E-state index contributed by atoms with van der Waals surface area (Å²) in [6, 6.07) is 7.78. The van der Waals surface area contributed by atoms with Gasteiger partial charge in [0.2, 0.25) is 12.9 Å². The molecule has 6 rings (SSSR count). The molecule has 0 saturated carbocycles. The first kappa shape index (κ1) is 32.4. The maximum atomic E-state index is 13.0. The number of aromatic nitrogens is 4. The summed E-state index contributed by atoms with van der Waals surface area (Å²) in [5, 5.41) is 5.31. The number of fused-ring (bicyclic) bond motifs is 2. The van der Waals surface area contributed by atoms with Gasteiger partial charge in [-0.1, -0.05) is 39.8 Å². The van der Waals surface area contributed by atoms with Crippen LogP contribution in [0, 0.1) is 23.7 Å². The highest BCUT2D eigenvalue weighted by molar-refractivity contribution is 5.92. The number of halogens is 4. The summed E-state index contributed by atoms with van der Waals surface area (Å²) in [5.74, 6) is -1.53. The third kappa shape index (κ3) is 7.54. The highest BCUT2D eigenvalue weighted by atomic mass is 19.3. The summed E-state index contributed by atoms with van der Waals surface area (Å²) >= 11 is 0. The van der Waals surface area contributed by atoms with Crippen LogP contribution in [-0.4, -0.2) is 70.9 Å². The maximum Gasteiger partial charge on any atom is 0.241 e. The van der Waals surface area contributed by atoms with Crippen LogP contribution < -0.4 is 5.32 Å². The fourth-order valence-electron chi connectivity index (χ4n) is 5.66. The molecule has 0 radical (unpaired) electrons. The summed E-state index contributed by atoms with van der Waals surface area (Å²) in [7, 11) is 1.98. The van der Waals surface area contributed by atoms with Gasteiger partial charge in [-0.15, -0.1) is 0 Å². The Balaban J connectivity index is 0.000000186. The molecule has 2 aliphatic rings. The Labute approximate surface area is 250 Å². The predicted molar refractivity (Wildman–Crippen MR) is 167 cm³/mol. The lowest BCUT2D eigenvalue weighted by Crippen LogP contribution is -2.35. The highest BCUT2D eigenvalue weighted by Gasteiger charge is 2.29. The summed E-state index contributed by atoms with van der Waals surface area (Å²) < 4.78 is 51.7. The van der Waals surface area contributed by atoms with Crippen LogP contribution >= 0.6 is 0 Å². The summed E-state index contributed by atoms with van der Waals surface area (Å²) in [6.45, 7) is 9.99. The van der Waals surface area contributed by atoms with Crippen molar-refractivity contribution in [2.45, 2.75) is 40.5 Å². The van der Waals surface area contributed by atoms with E-state index in [4.69, 9.17) is 0 Å². The van der Waals surface area contributed by atoms with Gasteiger partial charge in [-0.3, -0.25) is 0 Å². The van der Waals surface area contributed by atoms with E-state index >= 15 is 0 Å². The van der Waals surface area contributed by atoms with Gasteiger partial charge in [0.1, 0.15) is 11.3 Å². The fraction of sp³-hybridized carbons (Fsp3) is 0.455. The number of nitrogens with zero attached hydrogens (tertiary/aromatic N) is 3. The van der Waals surface area contributed by atoms with Crippen molar-refractivity contribution < 1.29 is 17.6 Å². The number of hydrogen-bond donors (Lipinski definition) is 3. The standard InChI is InChI=1S/C16H19F2N3.C15H17F2N3.C2H6/c1-10(15(17)18)11-6-12(9-21(2)8-11)14-7-20-16-13(14)4-3-5-19-16;1-9(14(16)17)10-5-11(7-18-6-10)13-8-20-15-12(13)3-2-4-19-15;1-2/h3-7,10-11,15H,8-9H2,1-2H3,(H,19,20);2-5,8-10,14,18H,6-7H2,1H3,(H,19,20);1-2H3. The second-order valence-corrected chi connectivity index (χ2v) is 11.1. The van der Waals surface area contributed by atoms with E-state index in [1.54, 1.807) is 26.2 Å². The maximum absolute atomic E-state index is 13.0. The van der Waals surface area contributed by atoms with Crippen molar-refractivity contribution in [1.82, 2.24) is 30.2 Å². The summed E-state index contributed by atoms with van der Waals surface area (Å²) in [4.78, 5) is 16.9. The van der Waals surface area contributed by atoms with Crippen LogP contribution in [0.3, 0.4) is 0 Å². The molecule has 4 aromatic heterocycles. The van der Waals surface area contributed by atoms with Crippen molar-refractivity contribution in [3.8, 4) is 0 Å². The van der Waals surface area contributed by atoms with Gasteiger partial charge in [0.05, 0.1) is 0 Å². The molecule has 0 amide bonds. The molecule has 4 atom stereocenters. The van der Waals surface area contributed by atoms with E-state index in [-0.39, 0.29) is 11.8 Å². The minimum atomic E-state index is -2.29. The molecule has 4 aromatic rings. The highest BCUT2D eigenvalue weighted by Crippen LogP contribution is 2.33. The Morgan fingerprint density at radius 2 is 1.30 bits per heavy atom. The van der Waals surface area contributed by atoms with Crippen molar-refractivity contribution in [2.75, 3.05) is 33.2 Å². The van der Waals surface area contributed by atoms with Gasteiger partial charge >= 0.3 is 0 Å². The Morgan fingerprint density at radius 1 is 0.791 bits per heavy atom. The molecule has 232 valence electrons. The molecule has 43 heavy (non-hydrogen) atoms. The van der Waals surface area contributed by atoms with Gasteiger partial charge < -0.3 is 20.2 Å². The zero-order valence-electron chi connectivity index (χ0n) is 25.4. The molecule has 0 aliphatic carbocycles. The number of pyridine rings is 2. The minimum absolute atomic E-state index is 0.125. The van der Waals surface area contributed by atoms with E-state index in [2.05, 4.69) is 30.2 Å². The second kappa shape index (κ2) is 14.8. The molecule has 4 unspecified atom stereocenters. The van der Waals surface area contributed by atoms with E-state index < -0.39 is 24.7 Å². The van der Waals surface area contributed by atoms with Gasteiger partial charge in [-0.2, -0.15) is 0 Å². The van der Waals surface area contributed by atoms with Crippen molar-refractivity contribution in [3.63, 3.8) is 0 Å². The Morgan fingerprint density at radius 3 is 1.86 bits per heavy atom. The van der Waals surface area contributed by atoms with Crippen LogP contribution in [0.2, 0.25) is 0 Å². The lowest BCUT2D eigenvalue weighted by Gasteiger charge is -2.32. The molecule has 6 nitrogen and oxygen atoms in total. The molecule has 3 N–H and O–H groups in total. The van der Waals surface area contributed by atoms with E-state index in [0.29, 0.717) is 19.6 Å². The summed E-state index contributed by atoms with van der Waals surface area (Å²) in [6.07, 6.45) is 6.73. The third-order valence-corrected chi connectivity index (χ3v) is 8.23. The molecule has 10 heteroatoms. The third-order valence-electron chi connectivity index (χ3n) is 8.23. The van der Waals surface area contributed by atoms with Gasteiger partial charge in [0, 0.05) is 84.7 Å². The normalized spacial score (nSPS) is 20.6. The first-order valence-corrected chi connectivity index (χ1v) is 14.9. The van der Waals surface area contributed by atoms with Crippen molar-refractivity contribution >= 4 is 33.2 Å². The summed E-state index contributed by atoms with van der Waals surface area (Å²) in [5.41, 5.74) is 5.93. The topological polar surface area (TPSA) is 72.6 Å². The van der Waals surface area contributed by atoms with Gasteiger partial charge in [0.15, 0.2) is 0 Å². The van der Waals surface area contributed by atoms with Crippen LogP contribution in [-0.2, 0) is 0 Å². The van der Waals surface area contributed by atoms with E-state index in [9.17, 15) is 17.6 Å². The molecule has 0 aromatic carbocycles. The minimum Gasteiger partial charge on any atom is -0.346 e. The number of H-pyrrole nitrogens is 2. The molecule has 0 bridgehead atoms. The number of alkyl halides is 4. The zero-order chi connectivity index (χ0) is 31.1. The average molecular weight is 599 g/mol. The Hall–Kier alpha value is -3.50. The molecule has 6 heterocycles. The van der Waals surface area contributed by atoms with E-state index in [0.717, 1.165) is 50.9 Å². The van der Waals surface area contributed by atoms with Crippen LogP contribution in [0.1, 0.15) is 38.8 Å². The lowest BCUT2D eigenvalue weighted by atomic mass is 9.87. The molecule has 0 fully saturated rings. The molecule has 2 aliphatic heterocycles. The SMILES string of the molecule is CC.CC(C(F)F)C1C=C(c2c[nH]c3ncccc23)CN(C)C1.CC(C(F)F)C1C=C(c2c[nH]c3ncccc23)CNC1. The van der Waals surface area contributed by atoms with Crippen LogP contribution in [0.25, 0.3) is 33.2 Å². The van der Waals surface area contributed by atoms with Crippen molar-refractivity contribution in [2.24, 2.45) is 23.7 Å². The number of nitrogens with one attached hydrogen (secondary N) is 3. The van der Waals surface area contributed by atoms with E-state index in [1.165, 1.54) is 0 Å². The molecular formula is C33H42F4N6. The number of likely N-dealkylation sites (N-methyl/N-ethyl adjacent to an activating group) is 1. The smallest absolute Gasteiger partial charge is 0.241 e. The lowest BCUT2D eigenvalue weighted by molar-refractivity contribution is 0.0559. The number of rotatable bonds is 6. The fourth-order valence-corrected chi connectivity index (χ4v) is 5.66. The van der Waals surface area contributed by atoms with Gasteiger partial charge in [-0.05, 0) is 54.3 Å². The van der Waals surface area contributed by atoms with Crippen LogP contribution in [0.5, 0.6) is 0 Å². The first-order chi connectivity index (χ1) is 20.7. The zero-order valence-corrected chi connectivity index (χ0v) is 25.4. The largest absolute Gasteiger partial charge is 0.346 e. The monoisotopic (exact) mass is 598 g/mol. The van der Waals surface area contributed by atoms with Gasteiger partial charge in [0.25, 0.3) is 0 Å². The Bertz CT molecular complexity index is 1520. The number of hydrogen-bond acceptors (Lipinski definition) is 4. The quantitative estimate of drug-likeness (QED) is 0.201. The second-order valence-electron chi connectivity index (χ2n) is 11.1. The molecular weight excluding hydrogens is 556 g/mol. The molecule has 0 spiro atoms. The van der Waals surface area contributed by atoms with Crippen molar-refractivity contribution in [1.29, 1.82) is 0 Å². The number of aromatic amines is 2. The van der Waals surface area contributed by atoms with E-state index in [1.807, 2.05) is 69.7 Å². The Kier molecular flexibility index (Phi) is 11.2. The van der Waals surface area contributed by atoms with Crippen molar-refractivity contribution in [3.05, 3.63) is 72.3 Å².